The van der Waals surface area contributed by atoms with E-state index in [1.807, 2.05) is 18.2 Å². The molecule has 0 amide bonds. The zero-order chi connectivity index (χ0) is 19.7. The zero-order valence-electron chi connectivity index (χ0n) is 16.3. The highest BCUT2D eigenvalue weighted by Crippen LogP contribution is 2.39. The number of ether oxygens (including phenoxy) is 1. The topological polar surface area (TPSA) is 71.5 Å². The molecule has 7 heteroatoms. The molecule has 0 spiro atoms. The lowest BCUT2D eigenvalue weighted by atomic mass is 10.0. The third kappa shape index (κ3) is 4.00. The molecule has 1 aromatic heterocycles. The van der Waals surface area contributed by atoms with Gasteiger partial charge in [-0.15, -0.1) is 0 Å². The van der Waals surface area contributed by atoms with E-state index in [4.69, 9.17) is 4.74 Å². The minimum absolute atomic E-state index is 0.183. The summed E-state index contributed by atoms with van der Waals surface area (Å²) in [6, 6.07) is 12.2. The standard InChI is InChI=1S/C21H27N3O3S/c1-15(16-5-7-18(27-2)8-6-16)24-13-3-4-21(24)20-14-17(11-12-22-20)23-28(25,26)19-9-10-19/h5-8,11-12,14-15,19,21H,3-4,9-10,13H2,1-2H3,(H,22,23)/t15-,21?/m0/s1. The van der Waals surface area contributed by atoms with Crippen LogP contribution in [0.25, 0.3) is 0 Å². The molecule has 1 saturated heterocycles. The van der Waals surface area contributed by atoms with Crippen molar-refractivity contribution in [3.63, 3.8) is 0 Å². The van der Waals surface area contributed by atoms with Gasteiger partial charge in [0, 0.05) is 12.2 Å². The predicted octanol–water partition coefficient (Wildman–Crippen LogP) is 3.89. The number of nitrogens with zero attached hydrogens (tertiary/aromatic N) is 2. The molecule has 0 radical (unpaired) electrons. The Balaban J connectivity index is 1.53. The molecule has 1 aromatic carbocycles. The van der Waals surface area contributed by atoms with Crippen LogP contribution in [0.1, 0.15) is 55.9 Å². The van der Waals surface area contributed by atoms with Crippen LogP contribution in [0, 0.1) is 0 Å². The maximum absolute atomic E-state index is 12.3. The molecule has 0 bridgehead atoms. The molecular formula is C21H27N3O3S. The Labute approximate surface area is 167 Å². The fourth-order valence-electron chi connectivity index (χ4n) is 3.96. The smallest absolute Gasteiger partial charge is 0.235 e. The molecule has 2 aliphatic rings. The van der Waals surface area contributed by atoms with Crippen molar-refractivity contribution in [2.45, 2.75) is 49.9 Å². The molecule has 150 valence electrons. The lowest BCUT2D eigenvalue weighted by Crippen LogP contribution is -2.27. The molecule has 2 aromatic rings. The first-order chi connectivity index (χ1) is 13.5. The summed E-state index contributed by atoms with van der Waals surface area (Å²) < 4.78 is 32.5. The van der Waals surface area contributed by atoms with Crippen molar-refractivity contribution in [2.24, 2.45) is 0 Å². The maximum atomic E-state index is 12.3. The van der Waals surface area contributed by atoms with Crippen molar-refractivity contribution < 1.29 is 13.2 Å². The number of aromatic nitrogens is 1. The molecule has 2 atom stereocenters. The quantitative estimate of drug-likeness (QED) is 0.762. The van der Waals surface area contributed by atoms with Crippen molar-refractivity contribution in [1.82, 2.24) is 9.88 Å². The summed E-state index contributed by atoms with van der Waals surface area (Å²) in [4.78, 5) is 7.02. The fraction of sp³-hybridized carbons (Fsp3) is 0.476. The first-order valence-electron chi connectivity index (χ1n) is 9.85. The summed E-state index contributed by atoms with van der Waals surface area (Å²) >= 11 is 0. The van der Waals surface area contributed by atoms with Crippen LogP contribution in [0.15, 0.2) is 42.6 Å². The zero-order valence-corrected chi connectivity index (χ0v) is 17.2. The number of methoxy groups -OCH3 is 1. The Morgan fingerprint density at radius 3 is 2.61 bits per heavy atom. The van der Waals surface area contributed by atoms with E-state index < -0.39 is 10.0 Å². The summed E-state index contributed by atoms with van der Waals surface area (Å²) in [6.07, 6.45) is 5.33. The SMILES string of the molecule is COc1ccc([C@H](C)N2CCCC2c2cc(NS(=O)(=O)C3CC3)ccn2)cc1. The molecule has 1 saturated carbocycles. The van der Waals surface area contributed by atoms with Gasteiger partial charge in [-0.2, -0.15) is 0 Å². The first kappa shape index (κ1) is 19.2. The van der Waals surface area contributed by atoms with E-state index in [0.29, 0.717) is 5.69 Å². The van der Waals surface area contributed by atoms with Crippen LogP contribution >= 0.6 is 0 Å². The highest BCUT2D eigenvalue weighted by Gasteiger charge is 2.36. The number of sulfonamides is 1. The van der Waals surface area contributed by atoms with Gasteiger partial charge in [0.2, 0.25) is 10.0 Å². The number of benzene rings is 1. The Hall–Kier alpha value is -2.12. The Morgan fingerprint density at radius 1 is 1.18 bits per heavy atom. The van der Waals surface area contributed by atoms with E-state index in [9.17, 15) is 8.42 Å². The van der Waals surface area contributed by atoms with Gasteiger partial charge in [-0.1, -0.05) is 12.1 Å². The number of hydrogen-bond acceptors (Lipinski definition) is 5. The van der Waals surface area contributed by atoms with E-state index >= 15 is 0 Å². The molecule has 2 fully saturated rings. The average molecular weight is 402 g/mol. The van der Waals surface area contributed by atoms with Crippen LogP contribution in [-0.2, 0) is 10.0 Å². The van der Waals surface area contributed by atoms with Gasteiger partial charge in [0.25, 0.3) is 0 Å². The molecule has 1 unspecified atom stereocenters. The molecule has 4 rings (SSSR count). The van der Waals surface area contributed by atoms with Gasteiger partial charge in [-0.25, -0.2) is 8.42 Å². The highest BCUT2D eigenvalue weighted by molar-refractivity contribution is 7.93. The minimum Gasteiger partial charge on any atom is -0.497 e. The molecule has 1 N–H and O–H groups in total. The third-order valence-electron chi connectivity index (χ3n) is 5.74. The number of likely N-dealkylation sites (tertiary alicyclic amines) is 1. The summed E-state index contributed by atoms with van der Waals surface area (Å²) in [5, 5.41) is -0.234. The van der Waals surface area contributed by atoms with Crippen molar-refractivity contribution in [3.05, 3.63) is 53.9 Å². The lowest BCUT2D eigenvalue weighted by Gasteiger charge is -2.31. The van der Waals surface area contributed by atoms with Gasteiger partial charge in [-0.05, 0) is 69.0 Å². The van der Waals surface area contributed by atoms with Crippen LogP contribution < -0.4 is 9.46 Å². The van der Waals surface area contributed by atoms with Crippen molar-refractivity contribution in [1.29, 1.82) is 0 Å². The number of rotatable bonds is 7. The predicted molar refractivity (Wildman–Crippen MR) is 110 cm³/mol. The van der Waals surface area contributed by atoms with Gasteiger partial charge in [0.05, 0.1) is 29.8 Å². The van der Waals surface area contributed by atoms with Gasteiger partial charge < -0.3 is 4.74 Å². The van der Waals surface area contributed by atoms with Crippen molar-refractivity contribution in [3.8, 4) is 5.75 Å². The van der Waals surface area contributed by atoms with E-state index in [1.54, 1.807) is 19.4 Å². The third-order valence-corrected chi connectivity index (χ3v) is 7.60. The van der Waals surface area contributed by atoms with Crippen molar-refractivity contribution in [2.75, 3.05) is 18.4 Å². The highest BCUT2D eigenvalue weighted by atomic mass is 32.2. The Kier molecular flexibility index (Phi) is 5.29. The molecule has 1 aliphatic carbocycles. The first-order valence-corrected chi connectivity index (χ1v) is 11.4. The van der Waals surface area contributed by atoms with Crippen molar-refractivity contribution >= 4 is 15.7 Å². The van der Waals surface area contributed by atoms with Gasteiger partial charge in [0.15, 0.2) is 0 Å². The number of nitrogens with one attached hydrogen (secondary N) is 1. The van der Waals surface area contributed by atoms with E-state index in [2.05, 4.69) is 33.7 Å². The van der Waals surface area contributed by atoms with Crippen LogP contribution in [0.2, 0.25) is 0 Å². The normalized spacial score (nSPS) is 21.4. The number of pyridine rings is 1. The Morgan fingerprint density at radius 2 is 1.93 bits per heavy atom. The molecular weight excluding hydrogens is 374 g/mol. The van der Waals surface area contributed by atoms with Crippen LogP contribution in [-0.4, -0.2) is 37.2 Å². The summed E-state index contributed by atoms with van der Waals surface area (Å²) in [6.45, 7) is 3.21. The minimum atomic E-state index is -3.26. The molecule has 6 nitrogen and oxygen atoms in total. The second-order valence-corrected chi connectivity index (χ2v) is 9.62. The second-order valence-electron chi connectivity index (χ2n) is 7.66. The monoisotopic (exact) mass is 401 g/mol. The lowest BCUT2D eigenvalue weighted by molar-refractivity contribution is 0.191. The van der Waals surface area contributed by atoms with E-state index in [1.165, 1.54) is 5.56 Å². The van der Waals surface area contributed by atoms with E-state index in [0.717, 1.165) is 43.7 Å². The Bertz CT molecular complexity index is 926. The summed E-state index contributed by atoms with van der Waals surface area (Å²) in [5.41, 5.74) is 2.77. The van der Waals surface area contributed by atoms with Crippen LogP contribution in [0.3, 0.4) is 0 Å². The second kappa shape index (κ2) is 7.72. The fourth-order valence-corrected chi connectivity index (χ4v) is 5.34. The molecule has 2 heterocycles. The maximum Gasteiger partial charge on any atom is 0.235 e. The summed E-state index contributed by atoms with van der Waals surface area (Å²) in [7, 11) is -1.59. The number of hydrogen-bond donors (Lipinski definition) is 1. The van der Waals surface area contributed by atoms with Gasteiger partial charge in [0.1, 0.15) is 5.75 Å². The van der Waals surface area contributed by atoms with Gasteiger partial charge >= 0.3 is 0 Å². The molecule has 28 heavy (non-hydrogen) atoms. The summed E-state index contributed by atoms with van der Waals surface area (Å²) in [5.74, 6) is 0.853. The van der Waals surface area contributed by atoms with Crippen LogP contribution in [0.4, 0.5) is 5.69 Å². The van der Waals surface area contributed by atoms with E-state index in [-0.39, 0.29) is 17.3 Å². The van der Waals surface area contributed by atoms with Crippen LogP contribution in [0.5, 0.6) is 5.75 Å². The number of anilines is 1. The molecule has 1 aliphatic heterocycles. The largest absolute Gasteiger partial charge is 0.497 e. The average Bonchev–Trinajstić information content (AvgIpc) is 3.46. The van der Waals surface area contributed by atoms with Gasteiger partial charge in [-0.3, -0.25) is 14.6 Å².